The average Bonchev–Trinajstić information content (AvgIpc) is 3.82. The number of unbranched alkanes of at least 4 members (excludes halogenated alkanes) is 4. The predicted octanol–water partition coefficient (Wildman–Crippen LogP) is 7.47. The summed E-state index contributed by atoms with van der Waals surface area (Å²) in [7, 11) is 0. The van der Waals surface area contributed by atoms with Gasteiger partial charge in [-0.15, -0.1) is 0 Å². The first-order chi connectivity index (χ1) is 31.3. The maximum atomic E-state index is 13.7. The Morgan fingerprint density at radius 1 is 0.846 bits per heavy atom. The Hall–Kier alpha value is -6.88. The summed E-state index contributed by atoms with van der Waals surface area (Å²) in [5.41, 5.74) is -0.365. The highest BCUT2D eigenvalue weighted by atomic mass is 19.4. The van der Waals surface area contributed by atoms with E-state index in [0.29, 0.717) is 78.9 Å². The number of anilines is 1. The third-order valence-corrected chi connectivity index (χ3v) is 12.6. The molecular formula is C48H46F3N5O9. The normalized spacial score (nSPS) is 16.3. The Morgan fingerprint density at radius 3 is 2.26 bits per heavy atom. The number of Topliss-reactive ketones (excluding diaryl/α,β-unsaturated/α-hetero) is 1. The Morgan fingerprint density at radius 2 is 1.54 bits per heavy atom. The number of hydrogen-bond acceptors (Lipinski definition) is 12. The third kappa shape index (κ3) is 8.71. The van der Waals surface area contributed by atoms with E-state index in [4.69, 9.17) is 14.2 Å². The second-order valence-corrected chi connectivity index (χ2v) is 16.9. The van der Waals surface area contributed by atoms with Gasteiger partial charge in [-0.05, 0) is 85.3 Å². The van der Waals surface area contributed by atoms with Gasteiger partial charge in [-0.2, -0.15) is 18.3 Å². The van der Waals surface area contributed by atoms with Crippen molar-refractivity contribution in [2.75, 3.05) is 31.1 Å². The van der Waals surface area contributed by atoms with Crippen molar-refractivity contribution >= 4 is 23.3 Å². The number of phenols is 2. The van der Waals surface area contributed by atoms with Gasteiger partial charge in [0, 0.05) is 73.5 Å². The molecule has 1 fully saturated rings. The second-order valence-electron chi connectivity index (χ2n) is 16.9. The molecule has 0 unspecified atom stereocenters. The molecule has 4 aromatic carbocycles. The molecule has 9 rings (SSSR count). The van der Waals surface area contributed by atoms with Crippen LogP contribution in [0, 0.1) is 0 Å². The predicted molar refractivity (Wildman–Crippen MR) is 229 cm³/mol. The summed E-state index contributed by atoms with van der Waals surface area (Å²) >= 11 is 0. The van der Waals surface area contributed by atoms with Crippen molar-refractivity contribution in [3.8, 4) is 28.7 Å². The lowest BCUT2D eigenvalue weighted by atomic mass is 9.77. The number of carbonyl (C=O) groups excluding carboxylic acids is 3. The van der Waals surface area contributed by atoms with Crippen molar-refractivity contribution in [3.63, 3.8) is 0 Å². The highest BCUT2D eigenvalue weighted by Gasteiger charge is 2.54. The van der Waals surface area contributed by atoms with E-state index < -0.39 is 28.9 Å². The van der Waals surface area contributed by atoms with E-state index in [2.05, 4.69) is 15.3 Å². The molecule has 338 valence electrons. The minimum absolute atomic E-state index is 0.0466. The first kappa shape index (κ1) is 43.4. The van der Waals surface area contributed by atoms with Gasteiger partial charge in [0.1, 0.15) is 40.4 Å². The SMILES string of the molecule is O=C(CN1CCC(Oc2ccc3c(c2)CN(c2cn[nH]c(=O)c2C(F)(F)F)C3)CC1)NCCCCCCCC(=O)c1ccc2c(c1)C1(OC2=O)c2ccc(O)cc2Oc2cc(O)ccc21. The molecular weight excluding hydrogens is 848 g/mol. The molecule has 4 aliphatic rings. The van der Waals surface area contributed by atoms with Gasteiger partial charge in [0.05, 0.1) is 24.0 Å². The standard InChI is InChI=1S/C48H46F3N5O9/c49-48(50,51)44-39(24-53-54-45(44)61)56-25-29-7-11-34(20-30(29)26-56)63-33-15-18-55(19-16-33)27-43(60)52-17-5-3-1-2-4-6-40(59)28-8-12-35-38(21-28)47(65-46(35)62)36-13-9-31(57)22-41(36)64-42-23-32(58)10-14-37(42)47/h7-14,20-24,33,57-58H,1-6,15-19,25-27H2,(H,52,60)(H,54,61). The quantitative estimate of drug-likeness (QED) is 0.0491. The number of halogens is 3. The molecule has 5 heterocycles. The average molecular weight is 894 g/mol. The highest BCUT2D eigenvalue weighted by molar-refractivity contribution is 6.01. The van der Waals surface area contributed by atoms with Crippen LogP contribution in [0.4, 0.5) is 18.9 Å². The van der Waals surface area contributed by atoms with Gasteiger partial charge >= 0.3 is 12.1 Å². The van der Waals surface area contributed by atoms with Crippen molar-refractivity contribution in [1.82, 2.24) is 20.4 Å². The van der Waals surface area contributed by atoms with E-state index in [9.17, 15) is 42.6 Å². The lowest BCUT2D eigenvalue weighted by molar-refractivity contribution is -0.138. The topological polar surface area (TPSA) is 184 Å². The number of amides is 1. The fourth-order valence-electron chi connectivity index (χ4n) is 9.34. The lowest BCUT2D eigenvalue weighted by Gasteiger charge is -2.36. The number of ketones is 1. The molecule has 65 heavy (non-hydrogen) atoms. The van der Waals surface area contributed by atoms with E-state index in [-0.39, 0.29) is 66.1 Å². The smallest absolute Gasteiger partial charge is 0.423 e. The van der Waals surface area contributed by atoms with E-state index in [0.717, 1.165) is 43.0 Å². The molecule has 17 heteroatoms. The van der Waals surface area contributed by atoms with Crippen molar-refractivity contribution in [1.29, 1.82) is 0 Å². The first-order valence-corrected chi connectivity index (χ1v) is 21.7. The molecule has 0 aliphatic carbocycles. The zero-order valence-electron chi connectivity index (χ0n) is 35.2. The molecule has 1 aromatic heterocycles. The van der Waals surface area contributed by atoms with Crippen LogP contribution in [-0.4, -0.2) is 75.3 Å². The second kappa shape index (κ2) is 17.6. The van der Waals surface area contributed by atoms with Crippen LogP contribution in [0.3, 0.4) is 0 Å². The molecule has 4 aliphatic heterocycles. The number of likely N-dealkylation sites (tertiary alicyclic amines) is 1. The largest absolute Gasteiger partial charge is 0.508 e. The summed E-state index contributed by atoms with van der Waals surface area (Å²) < 4.78 is 59.4. The molecule has 1 spiro atoms. The molecule has 14 nitrogen and oxygen atoms in total. The molecule has 0 bridgehead atoms. The summed E-state index contributed by atoms with van der Waals surface area (Å²) in [5, 5.41) is 28.9. The number of esters is 1. The van der Waals surface area contributed by atoms with Crippen LogP contribution in [-0.2, 0) is 34.4 Å². The van der Waals surface area contributed by atoms with Crippen molar-refractivity contribution < 1.29 is 52.0 Å². The Kier molecular flexibility index (Phi) is 11.7. The molecule has 0 atom stereocenters. The number of nitrogens with zero attached hydrogens (tertiary/aromatic N) is 3. The molecule has 0 radical (unpaired) electrons. The Bertz CT molecular complexity index is 2680. The van der Waals surface area contributed by atoms with Crippen LogP contribution in [0.2, 0.25) is 0 Å². The van der Waals surface area contributed by atoms with Gasteiger partial charge in [-0.1, -0.05) is 31.4 Å². The van der Waals surface area contributed by atoms with Crippen molar-refractivity contribution in [2.45, 2.75) is 82.3 Å². The van der Waals surface area contributed by atoms with E-state index in [1.54, 1.807) is 30.3 Å². The number of piperidine rings is 1. The number of H-pyrrole nitrogens is 1. The monoisotopic (exact) mass is 893 g/mol. The summed E-state index contributed by atoms with van der Waals surface area (Å²) in [6.45, 7) is 2.58. The van der Waals surface area contributed by atoms with Crippen LogP contribution >= 0.6 is 0 Å². The third-order valence-electron chi connectivity index (χ3n) is 12.6. The van der Waals surface area contributed by atoms with E-state index >= 15 is 0 Å². The molecule has 4 N–H and O–H groups in total. The number of aromatic hydroxyl groups is 2. The molecule has 1 amide bonds. The summed E-state index contributed by atoms with van der Waals surface area (Å²) in [5.74, 6) is 0.369. The first-order valence-electron chi connectivity index (χ1n) is 21.7. The molecule has 0 saturated carbocycles. The Balaban J connectivity index is 0.684. The minimum Gasteiger partial charge on any atom is -0.508 e. The number of nitrogens with one attached hydrogen (secondary N) is 2. The van der Waals surface area contributed by atoms with Crippen LogP contribution in [0.15, 0.2) is 83.8 Å². The van der Waals surface area contributed by atoms with Gasteiger partial charge < -0.3 is 34.6 Å². The summed E-state index contributed by atoms with van der Waals surface area (Å²) in [6, 6.07) is 19.5. The van der Waals surface area contributed by atoms with Crippen LogP contribution in [0.5, 0.6) is 28.7 Å². The minimum atomic E-state index is -4.82. The molecule has 1 saturated heterocycles. The van der Waals surface area contributed by atoms with E-state index in [1.807, 2.05) is 23.3 Å². The van der Waals surface area contributed by atoms with Gasteiger partial charge in [-0.3, -0.25) is 19.3 Å². The lowest BCUT2D eigenvalue weighted by Crippen LogP contribution is -2.43. The zero-order chi connectivity index (χ0) is 45.5. The Labute approximate surface area is 370 Å². The number of benzene rings is 4. The summed E-state index contributed by atoms with van der Waals surface area (Å²) in [4.78, 5) is 55.0. The van der Waals surface area contributed by atoms with Crippen molar-refractivity contribution in [3.05, 3.63) is 134 Å². The van der Waals surface area contributed by atoms with Gasteiger partial charge in [-0.25, -0.2) is 9.89 Å². The number of hydrogen-bond donors (Lipinski definition) is 4. The number of carbonyl (C=O) groups is 3. The van der Waals surface area contributed by atoms with Gasteiger partial charge in [0.2, 0.25) is 5.91 Å². The fourth-order valence-corrected chi connectivity index (χ4v) is 9.34. The van der Waals surface area contributed by atoms with Crippen molar-refractivity contribution in [2.24, 2.45) is 0 Å². The maximum Gasteiger partial charge on any atom is 0.423 e. The fraction of sp³-hybridized carbons (Fsp3) is 0.354. The van der Waals surface area contributed by atoms with Crippen LogP contribution in [0.1, 0.15) is 105 Å². The number of ether oxygens (including phenoxy) is 3. The summed E-state index contributed by atoms with van der Waals surface area (Å²) in [6.07, 6.45) is 1.98. The zero-order valence-corrected chi connectivity index (χ0v) is 35.2. The maximum absolute atomic E-state index is 13.7. The number of rotatable bonds is 14. The highest BCUT2D eigenvalue weighted by Crippen LogP contribution is 2.57. The number of fused-ring (bicyclic) bond motifs is 7. The number of aromatic nitrogens is 2. The number of alkyl halides is 3. The van der Waals surface area contributed by atoms with Crippen LogP contribution in [0.25, 0.3) is 0 Å². The van der Waals surface area contributed by atoms with Crippen LogP contribution < -0.4 is 25.2 Å². The van der Waals surface area contributed by atoms with Gasteiger partial charge in [0.15, 0.2) is 11.4 Å². The molecule has 5 aromatic rings. The number of phenolic OH excluding ortho intramolecular Hbond substituents is 2. The number of aromatic amines is 1. The van der Waals surface area contributed by atoms with E-state index in [1.165, 1.54) is 29.2 Å². The van der Waals surface area contributed by atoms with Gasteiger partial charge in [0.25, 0.3) is 5.56 Å².